The number of benzene rings is 2. The molecule has 3 aromatic rings. The predicted octanol–water partition coefficient (Wildman–Crippen LogP) is 2.67. The number of thiocarbonyl (C=S) groups is 1. The van der Waals surface area contributed by atoms with E-state index in [1.54, 1.807) is 11.5 Å². The zero-order chi connectivity index (χ0) is 21.2. The third kappa shape index (κ3) is 4.61. The Labute approximate surface area is 171 Å². The Hall–Kier alpha value is -3.24. The molecule has 0 saturated heterocycles. The number of rotatable bonds is 4. The molecule has 3 N–H and O–H groups in total. The Bertz CT molecular complexity index is 1220. The number of nitrogens with one attached hydrogen (secondary N) is 2. The summed E-state index contributed by atoms with van der Waals surface area (Å²) in [6, 6.07) is 12.3. The molecule has 0 atom stereocenters. The molecule has 2 aromatic carbocycles. The molecule has 0 spiro atoms. The predicted molar refractivity (Wildman–Crippen MR) is 111 cm³/mol. The van der Waals surface area contributed by atoms with Crippen LogP contribution >= 0.6 is 12.2 Å². The van der Waals surface area contributed by atoms with E-state index in [1.807, 2.05) is 0 Å². The molecule has 0 saturated carbocycles. The smallest absolute Gasteiger partial charge is 0.263 e. The van der Waals surface area contributed by atoms with E-state index in [2.05, 4.69) is 10.0 Å². The Morgan fingerprint density at radius 2 is 1.69 bits per heavy atom. The molecule has 1 aromatic heterocycles. The Kier molecular flexibility index (Phi) is 5.66. The number of nitrogens with zero attached hydrogens (tertiary/aromatic N) is 1. The van der Waals surface area contributed by atoms with Crippen molar-refractivity contribution in [3.63, 3.8) is 0 Å². The van der Waals surface area contributed by atoms with Gasteiger partial charge in [0.05, 0.1) is 10.6 Å². The molecule has 3 rings (SSSR count). The number of sulfonamides is 1. The van der Waals surface area contributed by atoms with Crippen molar-refractivity contribution in [3.05, 3.63) is 82.5 Å². The van der Waals surface area contributed by atoms with Crippen molar-refractivity contribution in [2.45, 2.75) is 11.8 Å². The second kappa shape index (κ2) is 8.02. The summed E-state index contributed by atoms with van der Waals surface area (Å²) in [5.74, 6) is -0.795. The molecule has 0 aliphatic rings. The SMILES string of the molecule is Cc1c(O)c(=O)ccn1-c1ccc(S(=O)(=O)NC(=S)Nc2ccc(F)cc2)cc1. The van der Waals surface area contributed by atoms with E-state index < -0.39 is 21.3 Å². The maximum atomic E-state index is 12.9. The first-order valence-corrected chi connectivity index (χ1v) is 10.2. The summed E-state index contributed by atoms with van der Waals surface area (Å²) in [6.07, 6.45) is 1.49. The van der Waals surface area contributed by atoms with Gasteiger partial charge in [-0.3, -0.25) is 9.52 Å². The monoisotopic (exact) mass is 433 g/mol. The van der Waals surface area contributed by atoms with Gasteiger partial charge in [-0.2, -0.15) is 0 Å². The highest BCUT2D eigenvalue weighted by molar-refractivity contribution is 7.92. The quantitative estimate of drug-likeness (QED) is 0.547. The van der Waals surface area contributed by atoms with Gasteiger partial charge in [0.15, 0.2) is 10.9 Å². The van der Waals surface area contributed by atoms with Crippen LogP contribution in [0.1, 0.15) is 5.69 Å². The van der Waals surface area contributed by atoms with Crippen LogP contribution in [0.2, 0.25) is 0 Å². The summed E-state index contributed by atoms with van der Waals surface area (Å²) in [4.78, 5) is 11.4. The summed E-state index contributed by atoms with van der Waals surface area (Å²) in [7, 11) is -3.95. The molecule has 0 bridgehead atoms. The van der Waals surface area contributed by atoms with Gasteiger partial charge in [0.2, 0.25) is 5.43 Å². The molecule has 29 heavy (non-hydrogen) atoms. The molecule has 0 aliphatic heterocycles. The van der Waals surface area contributed by atoms with E-state index in [9.17, 15) is 22.7 Å². The second-order valence-corrected chi connectivity index (χ2v) is 8.14. The molecule has 0 unspecified atom stereocenters. The molecule has 10 heteroatoms. The maximum absolute atomic E-state index is 12.9. The zero-order valence-corrected chi connectivity index (χ0v) is 16.7. The van der Waals surface area contributed by atoms with Crippen LogP contribution in [0.4, 0.5) is 10.1 Å². The topological polar surface area (TPSA) is 100 Å². The van der Waals surface area contributed by atoms with Gasteiger partial charge in [0, 0.05) is 23.6 Å². The molecule has 0 amide bonds. The van der Waals surface area contributed by atoms with Crippen LogP contribution in [0.15, 0.2) is 70.5 Å². The van der Waals surface area contributed by atoms with Crippen molar-refractivity contribution < 1.29 is 17.9 Å². The van der Waals surface area contributed by atoms with E-state index in [4.69, 9.17) is 12.2 Å². The third-order valence-electron chi connectivity index (χ3n) is 4.07. The average Bonchev–Trinajstić information content (AvgIpc) is 2.68. The van der Waals surface area contributed by atoms with E-state index in [-0.39, 0.29) is 15.8 Å². The molecule has 1 heterocycles. The van der Waals surface area contributed by atoms with Crippen molar-refractivity contribution >= 4 is 33.0 Å². The summed E-state index contributed by atoms with van der Waals surface area (Å²) in [5, 5.41) is 12.3. The van der Waals surface area contributed by atoms with Crippen molar-refractivity contribution in [2.75, 3.05) is 5.32 Å². The van der Waals surface area contributed by atoms with Gasteiger partial charge >= 0.3 is 0 Å². The lowest BCUT2D eigenvalue weighted by molar-refractivity contribution is 0.459. The zero-order valence-electron chi connectivity index (χ0n) is 15.1. The van der Waals surface area contributed by atoms with E-state index in [1.165, 1.54) is 60.8 Å². The minimum atomic E-state index is -3.95. The van der Waals surface area contributed by atoms with Gasteiger partial charge in [0.25, 0.3) is 10.0 Å². The van der Waals surface area contributed by atoms with Crippen molar-refractivity contribution in [1.82, 2.24) is 9.29 Å². The number of hydrogen-bond donors (Lipinski definition) is 3. The molecule has 7 nitrogen and oxygen atoms in total. The van der Waals surface area contributed by atoms with E-state index in [0.29, 0.717) is 17.1 Å². The fourth-order valence-electron chi connectivity index (χ4n) is 2.56. The van der Waals surface area contributed by atoms with Crippen LogP contribution in [0.25, 0.3) is 5.69 Å². The number of aromatic hydroxyl groups is 1. The number of anilines is 1. The van der Waals surface area contributed by atoms with Crippen LogP contribution in [-0.2, 0) is 10.0 Å². The first kappa shape index (κ1) is 20.5. The van der Waals surface area contributed by atoms with Crippen LogP contribution in [0, 0.1) is 12.7 Å². The lowest BCUT2D eigenvalue weighted by atomic mass is 10.2. The van der Waals surface area contributed by atoms with Crippen molar-refractivity contribution in [1.29, 1.82) is 0 Å². The van der Waals surface area contributed by atoms with Gasteiger partial charge in [-0.1, -0.05) is 0 Å². The number of pyridine rings is 1. The lowest BCUT2D eigenvalue weighted by Gasteiger charge is -2.13. The Morgan fingerprint density at radius 3 is 2.31 bits per heavy atom. The van der Waals surface area contributed by atoms with Crippen LogP contribution in [0.5, 0.6) is 5.75 Å². The molecule has 0 fully saturated rings. The fourth-order valence-corrected chi connectivity index (χ4v) is 3.92. The van der Waals surface area contributed by atoms with Crippen molar-refractivity contribution in [3.8, 4) is 11.4 Å². The van der Waals surface area contributed by atoms with Gasteiger partial charge in [-0.15, -0.1) is 0 Å². The summed E-state index contributed by atoms with van der Waals surface area (Å²) in [6.45, 7) is 1.57. The van der Waals surface area contributed by atoms with Gasteiger partial charge in [0.1, 0.15) is 5.82 Å². The summed E-state index contributed by atoms with van der Waals surface area (Å²) < 4.78 is 41.8. The highest BCUT2D eigenvalue weighted by atomic mass is 32.2. The number of hydrogen-bond acceptors (Lipinski definition) is 5. The van der Waals surface area contributed by atoms with Crippen molar-refractivity contribution in [2.24, 2.45) is 0 Å². The van der Waals surface area contributed by atoms with Gasteiger partial charge < -0.3 is 15.0 Å². The highest BCUT2D eigenvalue weighted by Gasteiger charge is 2.16. The average molecular weight is 433 g/mol. The van der Waals surface area contributed by atoms with Crippen LogP contribution in [0.3, 0.4) is 0 Å². The Morgan fingerprint density at radius 1 is 1.07 bits per heavy atom. The molecule has 0 radical (unpaired) electrons. The van der Waals surface area contributed by atoms with Crippen LogP contribution < -0.4 is 15.5 Å². The highest BCUT2D eigenvalue weighted by Crippen LogP contribution is 2.18. The van der Waals surface area contributed by atoms with Crippen LogP contribution in [-0.4, -0.2) is 23.2 Å². The first-order valence-electron chi connectivity index (χ1n) is 8.28. The summed E-state index contributed by atoms with van der Waals surface area (Å²) in [5.41, 5.74) is 0.826. The first-order chi connectivity index (χ1) is 13.7. The molecular weight excluding hydrogens is 417 g/mol. The third-order valence-corrected chi connectivity index (χ3v) is 5.77. The van der Waals surface area contributed by atoms with E-state index >= 15 is 0 Å². The maximum Gasteiger partial charge on any atom is 0.263 e. The van der Waals surface area contributed by atoms with Gasteiger partial charge in [-0.05, 0) is 67.7 Å². The minimum absolute atomic E-state index is 0.0348. The van der Waals surface area contributed by atoms with Gasteiger partial charge in [-0.25, -0.2) is 12.8 Å². The van der Waals surface area contributed by atoms with E-state index in [0.717, 1.165) is 0 Å². The summed E-state index contributed by atoms with van der Waals surface area (Å²) >= 11 is 5.01. The standard InChI is InChI=1S/C19H16FN3O4S2/c1-12-18(25)17(24)10-11-23(12)15-6-8-16(9-7-15)29(26,27)22-19(28)21-14-4-2-13(20)3-5-14/h2-11,25H,1H3,(H2,21,22,28). The normalized spacial score (nSPS) is 11.1. The number of halogens is 1. The minimum Gasteiger partial charge on any atom is -0.503 e. The lowest BCUT2D eigenvalue weighted by Crippen LogP contribution is -2.34. The molecule has 150 valence electrons. The second-order valence-electron chi connectivity index (χ2n) is 6.04. The molecular formula is C19H16FN3O4S2. The Balaban J connectivity index is 1.78. The number of aromatic nitrogens is 1. The largest absolute Gasteiger partial charge is 0.503 e. The molecule has 0 aliphatic carbocycles. The fraction of sp³-hybridized carbons (Fsp3) is 0.0526.